The maximum atomic E-state index is 13.2. The lowest BCUT2D eigenvalue weighted by atomic mass is 9.88. The van der Waals surface area contributed by atoms with Gasteiger partial charge in [0, 0.05) is 18.4 Å². The van der Waals surface area contributed by atoms with Gasteiger partial charge in [0.25, 0.3) is 5.24 Å². The van der Waals surface area contributed by atoms with E-state index < -0.39 is 22.3 Å². The van der Waals surface area contributed by atoms with Gasteiger partial charge in [-0.3, -0.25) is 19.7 Å². The van der Waals surface area contributed by atoms with Gasteiger partial charge in [-0.2, -0.15) is 0 Å². The molecule has 7 heteroatoms. The Hall–Kier alpha value is -3.19. The van der Waals surface area contributed by atoms with Gasteiger partial charge in [-0.25, -0.2) is 4.98 Å². The van der Waals surface area contributed by atoms with Crippen LogP contribution in [0.3, 0.4) is 0 Å². The molecule has 0 bridgehead atoms. The number of benzene rings is 2. The Labute approximate surface area is 178 Å². The van der Waals surface area contributed by atoms with Crippen molar-refractivity contribution >= 4 is 28.7 Å². The molecule has 1 aromatic heterocycles. The van der Waals surface area contributed by atoms with E-state index >= 15 is 0 Å². The lowest BCUT2D eigenvalue weighted by Gasteiger charge is -2.19. The number of aryl methyl sites for hydroxylation is 2. The van der Waals surface area contributed by atoms with Crippen LogP contribution in [0.25, 0.3) is 11.5 Å². The Morgan fingerprint density at radius 2 is 1.77 bits per heavy atom. The van der Waals surface area contributed by atoms with Gasteiger partial charge in [0.05, 0.1) is 11.6 Å². The lowest BCUT2D eigenvalue weighted by Crippen LogP contribution is -2.32. The Bertz CT molecular complexity index is 1080. The Kier molecular flexibility index (Phi) is 5.81. The molecular formula is C23H20N2O4S. The molecule has 0 spiro atoms. The first-order valence-corrected chi connectivity index (χ1v) is 10.5. The van der Waals surface area contributed by atoms with E-state index in [4.69, 9.17) is 4.42 Å². The summed E-state index contributed by atoms with van der Waals surface area (Å²) in [5, 5.41) is 1.11. The van der Waals surface area contributed by atoms with Crippen LogP contribution in [-0.4, -0.2) is 27.2 Å². The molecule has 0 radical (unpaired) electrons. The van der Waals surface area contributed by atoms with Crippen molar-refractivity contribution in [2.75, 3.05) is 0 Å². The topological polar surface area (TPSA) is 89.3 Å². The number of hydrogen-bond donors (Lipinski definition) is 1. The zero-order chi connectivity index (χ0) is 21.1. The van der Waals surface area contributed by atoms with Crippen molar-refractivity contribution in [2.24, 2.45) is 0 Å². The third-order valence-electron chi connectivity index (χ3n) is 5.05. The highest BCUT2D eigenvalue weighted by Gasteiger charge is 2.41. The van der Waals surface area contributed by atoms with Crippen molar-refractivity contribution in [3.63, 3.8) is 0 Å². The number of imide groups is 1. The molecule has 2 unspecified atom stereocenters. The summed E-state index contributed by atoms with van der Waals surface area (Å²) in [5.74, 6) is -0.0283. The summed E-state index contributed by atoms with van der Waals surface area (Å²) >= 11 is 0.877. The number of ketones is 1. The van der Waals surface area contributed by atoms with Gasteiger partial charge in [0.15, 0.2) is 0 Å². The van der Waals surface area contributed by atoms with Gasteiger partial charge in [0.2, 0.25) is 11.8 Å². The van der Waals surface area contributed by atoms with Gasteiger partial charge in [-0.1, -0.05) is 60.3 Å². The van der Waals surface area contributed by atoms with E-state index in [0.717, 1.165) is 22.9 Å². The number of aromatic nitrogens is 1. The van der Waals surface area contributed by atoms with Crippen molar-refractivity contribution < 1.29 is 18.8 Å². The number of amides is 2. The van der Waals surface area contributed by atoms with Crippen molar-refractivity contribution in [3.8, 4) is 11.5 Å². The molecule has 2 heterocycles. The van der Waals surface area contributed by atoms with Crippen LogP contribution in [0.5, 0.6) is 0 Å². The zero-order valence-corrected chi connectivity index (χ0v) is 17.1. The normalized spacial score (nSPS) is 17.0. The number of Topliss-reactive ketones (excluding diaryl/α,β-unsaturated/α-hetero) is 1. The van der Waals surface area contributed by atoms with Crippen LogP contribution in [0.4, 0.5) is 4.79 Å². The van der Waals surface area contributed by atoms with Crippen molar-refractivity contribution in [3.05, 3.63) is 77.7 Å². The van der Waals surface area contributed by atoms with Crippen LogP contribution in [0.2, 0.25) is 0 Å². The molecule has 152 valence electrons. The van der Waals surface area contributed by atoms with Crippen LogP contribution >= 0.6 is 11.8 Å². The van der Waals surface area contributed by atoms with E-state index in [2.05, 4.69) is 10.3 Å². The molecule has 1 saturated heterocycles. The van der Waals surface area contributed by atoms with Crippen LogP contribution in [0.1, 0.15) is 29.4 Å². The monoisotopic (exact) mass is 420 g/mol. The Morgan fingerprint density at radius 1 is 1.10 bits per heavy atom. The summed E-state index contributed by atoms with van der Waals surface area (Å²) in [4.78, 5) is 41.7. The van der Waals surface area contributed by atoms with Crippen LogP contribution in [-0.2, 0) is 16.0 Å². The quantitative estimate of drug-likeness (QED) is 0.613. The molecule has 0 aliphatic carbocycles. The van der Waals surface area contributed by atoms with Gasteiger partial charge in [-0.15, -0.1) is 0 Å². The third kappa shape index (κ3) is 4.21. The van der Waals surface area contributed by atoms with Gasteiger partial charge in [-0.05, 0) is 24.6 Å². The number of rotatable bonds is 7. The average Bonchev–Trinajstić information content (AvgIpc) is 3.29. The molecule has 1 aliphatic heterocycles. The average molecular weight is 420 g/mol. The molecule has 1 aliphatic rings. The second-order valence-corrected chi connectivity index (χ2v) is 8.17. The molecule has 2 atom stereocenters. The molecule has 1 fully saturated rings. The molecule has 4 rings (SSSR count). The second-order valence-electron chi connectivity index (χ2n) is 7.06. The number of nitrogens with one attached hydrogen (secondary N) is 1. The second kappa shape index (κ2) is 8.67. The molecule has 30 heavy (non-hydrogen) atoms. The Balaban J connectivity index is 1.53. The first kappa shape index (κ1) is 20.1. The summed E-state index contributed by atoms with van der Waals surface area (Å²) in [6, 6.07) is 18.7. The first-order chi connectivity index (χ1) is 14.5. The van der Waals surface area contributed by atoms with E-state index in [1.165, 1.54) is 0 Å². The summed E-state index contributed by atoms with van der Waals surface area (Å²) < 4.78 is 5.77. The van der Waals surface area contributed by atoms with Gasteiger partial charge >= 0.3 is 0 Å². The first-order valence-electron chi connectivity index (χ1n) is 9.64. The minimum absolute atomic E-state index is 0.104. The summed E-state index contributed by atoms with van der Waals surface area (Å²) in [6.45, 7) is 1.83. The molecule has 2 amide bonds. The van der Waals surface area contributed by atoms with Crippen LogP contribution in [0.15, 0.2) is 65.1 Å². The van der Waals surface area contributed by atoms with Crippen molar-refractivity contribution in [1.82, 2.24) is 10.3 Å². The highest BCUT2D eigenvalue weighted by Crippen LogP contribution is 2.35. The number of carbonyl (C=O) groups is 3. The highest BCUT2D eigenvalue weighted by molar-refractivity contribution is 8.15. The van der Waals surface area contributed by atoms with E-state index in [9.17, 15) is 14.4 Å². The summed E-state index contributed by atoms with van der Waals surface area (Å²) in [5.41, 5.74) is 2.32. The Morgan fingerprint density at radius 3 is 2.40 bits per heavy atom. The zero-order valence-electron chi connectivity index (χ0n) is 16.3. The maximum absolute atomic E-state index is 13.2. The standard InChI is InChI=1S/C23H20N2O4S/c1-14-17(24-22(29-14)16-10-6-3-7-11-16)12-13-18(26)19(15-8-4-2-5-9-15)20-21(27)25-23(28)30-20/h2-11,19-20H,12-13H2,1H3,(H,25,27,28). The smallest absolute Gasteiger partial charge is 0.286 e. The minimum atomic E-state index is -0.759. The lowest BCUT2D eigenvalue weighted by molar-refractivity contribution is -0.125. The highest BCUT2D eigenvalue weighted by atomic mass is 32.2. The largest absolute Gasteiger partial charge is 0.441 e. The van der Waals surface area contributed by atoms with Crippen LogP contribution < -0.4 is 5.32 Å². The van der Waals surface area contributed by atoms with E-state index in [-0.39, 0.29) is 12.2 Å². The molecule has 2 aromatic carbocycles. The minimum Gasteiger partial charge on any atom is -0.441 e. The molecule has 0 saturated carbocycles. The van der Waals surface area contributed by atoms with E-state index in [0.29, 0.717) is 23.8 Å². The summed E-state index contributed by atoms with van der Waals surface area (Å²) in [6.07, 6.45) is 0.594. The molecule has 1 N–H and O–H groups in total. The molecule has 6 nitrogen and oxygen atoms in total. The van der Waals surface area contributed by atoms with E-state index in [1.54, 1.807) is 0 Å². The fraction of sp³-hybridized carbons (Fsp3) is 0.217. The number of thioether (sulfide) groups is 1. The van der Waals surface area contributed by atoms with Gasteiger partial charge in [0.1, 0.15) is 16.8 Å². The number of carbonyl (C=O) groups excluding carboxylic acids is 3. The van der Waals surface area contributed by atoms with Crippen molar-refractivity contribution in [2.45, 2.75) is 30.9 Å². The predicted octanol–water partition coefficient (Wildman–Crippen LogP) is 4.29. The molecular weight excluding hydrogens is 400 g/mol. The SMILES string of the molecule is Cc1oc(-c2ccccc2)nc1CCC(=O)C(c1ccccc1)C1SC(=O)NC1=O. The summed E-state index contributed by atoms with van der Waals surface area (Å²) in [7, 11) is 0. The number of hydrogen-bond acceptors (Lipinski definition) is 6. The predicted molar refractivity (Wildman–Crippen MR) is 114 cm³/mol. The van der Waals surface area contributed by atoms with Crippen molar-refractivity contribution in [1.29, 1.82) is 0 Å². The number of oxazole rings is 1. The third-order valence-corrected chi connectivity index (χ3v) is 6.10. The van der Waals surface area contributed by atoms with Gasteiger partial charge < -0.3 is 4.42 Å². The molecule has 3 aromatic rings. The number of nitrogens with zero attached hydrogens (tertiary/aromatic N) is 1. The fourth-order valence-electron chi connectivity index (χ4n) is 3.54. The fourth-order valence-corrected chi connectivity index (χ4v) is 4.54. The van der Waals surface area contributed by atoms with Crippen LogP contribution in [0, 0.1) is 6.92 Å². The maximum Gasteiger partial charge on any atom is 0.286 e. The van der Waals surface area contributed by atoms with E-state index in [1.807, 2.05) is 67.6 Å².